The molecule has 4 rings (SSSR count). The maximum atomic E-state index is 13.2. The number of carbonyl (C=O) groups excluding carboxylic acids is 1. The SMILES string of the molecule is O=C1OC(c2ccc(Cl)c([N+](=O)[O-])c2)=N/C1=C\c1ccc(OCc2cccc(F)c2)cc1. The maximum absolute atomic E-state index is 13.2. The fourth-order valence-electron chi connectivity index (χ4n) is 2.93. The average molecular weight is 453 g/mol. The number of carbonyl (C=O) groups is 1. The van der Waals surface area contributed by atoms with E-state index in [1.54, 1.807) is 36.4 Å². The normalized spacial score (nSPS) is 14.2. The average Bonchev–Trinajstić information content (AvgIpc) is 3.13. The zero-order valence-electron chi connectivity index (χ0n) is 16.3. The van der Waals surface area contributed by atoms with Crippen LogP contribution in [0, 0.1) is 15.9 Å². The minimum absolute atomic E-state index is 0.0286. The molecule has 3 aromatic carbocycles. The molecule has 160 valence electrons. The van der Waals surface area contributed by atoms with Gasteiger partial charge in [0.15, 0.2) is 5.70 Å². The van der Waals surface area contributed by atoms with Crippen molar-refractivity contribution in [2.24, 2.45) is 4.99 Å². The van der Waals surface area contributed by atoms with Crippen LogP contribution in [0.4, 0.5) is 10.1 Å². The lowest BCUT2D eigenvalue weighted by Crippen LogP contribution is -2.06. The van der Waals surface area contributed by atoms with Crippen LogP contribution in [0.25, 0.3) is 6.08 Å². The van der Waals surface area contributed by atoms with Crippen molar-refractivity contribution < 1.29 is 23.6 Å². The Morgan fingerprint density at radius 1 is 1.12 bits per heavy atom. The van der Waals surface area contributed by atoms with Crippen LogP contribution in [-0.2, 0) is 16.1 Å². The van der Waals surface area contributed by atoms with E-state index in [0.717, 1.165) is 0 Å². The van der Waals surface area contributed by atoms with Crippen LogP contribution >= 0.6 is 11.6 Å². The number of nitro groups is 1. The van der Waals surface area contributed by atoms with Crippen molar-refractivity contribution in [2.75, 3.05) is 0 Å². The number of aliphatic imine (C=N–C) groups is 1. The fraction of sp³-hybridized carbons (Fsp3) is 0.0435. The summed E-state index contributed by atoms with van der Waals surface area (Å²) in [5, 5.41) is 11.0. The van der Waals surface area contributed by atoms with Crippen molar-refractivity contribution in [3.8, 4) is 5.75 Å². The Labute approximate surface area is 186 Å². The number of ether oxygens (including phenoxy) is 2. The monoisotopic (exact) mass is 452 g/mol. The summed E-state index contributed by atoms with van der Waals surface area (Å²) < 4.78 is 24.0. The Bertz CT molecular complexity index is 1270. The predicted molar refractivity (Wildman–Crippen MR) is 116 cm³/mol. The third-order valence-electron chi connectivity index (χ3n) is 4.49. The molecule has 7 nitrogen and oxygen atoms in total. The summed E-state index contributed by atoms with van der Waals surface area (Å²) in [6.07, 6.45) is 1.52. The van der Waals surface area contributed by atoms with Crippen LogP contribution < -0.4 is 4.74 Å². The van der Waals surface area contributed by atoms with Gasteiger partial charge >= 0.3 is 5.97 Å². The molecule has 1 aliphatic rings. The minimum Gasteiger partial charge on any atom is -0.489 e. The number of benzene rings is 3. The van der Waals surface area contributed by atoms with Gasteiger partial charge in [-0.15, -0.1) is 0 Å². The molecule has 0 N–H and O–H groups in total. The molecule has 0 bridgehead atoms. The first-order valence-corrected chi connectivity index (χ1v) is 9.71. The number of rotatable bonds is 6. The van der Waals surface area contributed by atoms with Gasteiger partial charge in [-0.05, 0) is 53.6 Å². The topological polar surface area (TPSA) is 91.0 Å². The Morgan fingerprint density at radius 2 is 1.91 bits per heavy atom. The van der Waals surface area contributed by atoms with Crippen molar-refractivity contribution in [1.29, 1.82) is 0 Å². The second kappa shape index (κ2) is 8.99. The molecule has 0 spiro atoms. The molecule has 0 unspecified atom stereocenters. The highest BCUT2D eigenvalue weighted by Gasteiger charge is 2.26. The molecule has 3 aromatic rings. The van der Waals surface area contributed by atoms with Crippen LogP contribution in [-0.4, -0.2) is 16.8 Å². The summed E-state index contributed by atoms with van der Waals surface area (Å²) in [6.45, 7) is 0.214. The molecule has 1 heterocycles. The Kier molecular flexibility index (Phi) is 5.96. The first kappa shape index (κ1) is 21.2. The first-order chi connectivity index (χ1) is 15.4. The number of nitro benzene ring substituents is 1. The number of esters is 1. The van der Waals surface area contributed by atoms with Crippen LogP contribution in [0.5, 0.6) is 5.75 Å². The molecular weight excluding hydrogens is 439 g/mol. The quantitative estimate of drug-likeness (QED) is 0.219. The Hall–Kier alpha value is -4.04. The van der Waals surface area contributed by atoms with Gasteiger partial charge in [0, 0.05) is 11.6 Å². The van der Waals surface area contributed by atoms with Crippen molar-refractivity contribution in [1.82, 2.24) is 0 Å². The molecule has 0 aromatic heterocycles. The van der Waals surface area contributed by atoms with Gasteiger partial charge in [0.25, 0.3) is 5.69 Å². The molecule has 0 saturated heterocycles. The fourth-order valence-corrected chi connectivity index (χ4v) is 3.12. The van der Waals surface area contributed by atoms with Crippen LogP contribution in [0.3, 0.4) is 0 Å². The lowest BCUT2D eigenvalue weighted by Gasteiger charge is -2.06. The zero-order valence-corrected chi connectivity index (χ0v) is 17.1. The summed E-state index contributed by atoms with van der Waals surface area (Å²) in [6, 6.07) is 17.0. The summed E-state index contributed by atoms with van der Waals surface area (Å²) in [7, 11) is 0. The molecule has 1 aliphatic heterocycles. The molecule has 0 saturated carbocycles. The number of nitrogens with zero attached hydrogens (tertiary/aromatic N) is 2. The van der Waals surface area contributed by atoms with Gasteiger partial charge in [0.2, 0.25) is 5.90 Å². The standard InChI is InChI=1S/C23H14ClFN2O5/c24-19-9-6-16(12-21(19)27(29)30)22-26-20(23(28)32-22)11-14-4-7-18(8-5-14)31-13-15-2-1-3-17(25)10-15/h1-12H,13H2/b20-11-. The third kappa shape index (κ3) is 4.81. The highest BCUT2D eigenvalue weighted by atomic mass is 35.5. The Balaban J connectivity index is 1.48. The van der Waals surface area contributed by atoms with Crippen LogP contribution in [0.2, 0.25) is 5.02 Å². The van der Waals surface area contributed by atoms with E-state index in [-0.39, 0.29) is 40.3 Å². The third-order valence-corrected chi connectivity index (χ3v) is 4.81. The smallest absolute Gasteiger partial charge is 0.363 e. The molecule has 0 amide bonds. The highest BCUT2D eigenvalue weighted by molar-refractivity contribution is 6.32. The molecule has 9 heteroatoms. The van der Waals surface area contributed by atoms with E-state index in [0.29, 0.717) is 16.9 Å². The largest absolute Gasteiger partial charge is 0.489 e. The van der Waals surface area contributed by atoms with E-state index >= 15 is 0 Å². The highest BCUT2D eigenvalue weighted by Crippen LogP contribution is 2.28. The summed E-state index contributed by atoms with van der Waals surface area (Å²) in [5.74, 6) is -0.479. The predicted octanol–water partition coefficient (Wildman–Crippen LogP) is 5.31. The molecule has 32 heavy (non-hydrogen) atoms. The Morgan fingerprint density at radius 3 is 2.62 bits per heavy atom. The number of hydrogen-bond acceptors (Lipinski definition) is 6. The second-order valence-corrected chi connectivity index (χ2v) is 7.15. The van der Waals surface area contributed by atoms with Crippen molar-refractivity contribution in [3.05, 3.63) is 110 Å². The van der Waals surface area contributed by atoms with E-state index in [1.165, 1.54) is 36.4 Å². The van der Waals surface area contributed by atoms with Crippen molar-refractivity contribution in [3.63, 3.8) is 0 Å². The van der Waals surface area contributed by atoms with Crippen molar-refractivity contribution in [2.45, 2.75) is 6.61 Å². The van der Waals surface area contributed by atoms with Gasteiger partial charge in [-0.2, -0.15) is 0 Å². The number of halogens is 2. The van der Waals surface area contributed by atoms with E-state index in [9.17, 15) is 19.3 Å². The lowest BCUT2D eigenvalue weighted by molar-refractivity contribution is -0.384. The second-order valence-electron chi connectivity index (χ2n) is 6.75. The summed E-state index contributed by atoms with van der Waals surface area (Å²) >= 11 is 5.81. The first-order valence-electron chi connectivity index (χ1n) is 9.33. The van der Waals surface area contributed by atoms with Gasteiger partial charge in [0.05, 0.1) is 4.92 Å². The molecule has 0 fully saturated rings. The zero-order chi connectivity index (χ0) is 22.7. The molecule has 0 radical (unpaired) electrons. The van der Waals surface area contributed by atoms with Gasteiger partial charge in [-0.3, -0.25) is 10.1 Å². The van der Waals surface area contributed by atoms with Gasteiger partial charge in [-0.1, -0.05) is 35.9 Å². The van der Waals surface area contributed by atoms with E-state index in [4.69, 9.17) is 21.1 Å². The lowest BCUT2D eigenvalue weighted by atomic mass is 10.2. The van der Waals surface area contributed by atoms with E-state index in [2.05, 4.69) is 4.99 Å². The number of cyclic esters (lactones) is 1. The molecule has 0 aliphatic carbocycles. The van der Waals surface area contributed by atoms with Gasteiger partial charge in [-0.25, -0.2) is 14.2 Å². The summed E-state index contributed by atoms with van der Waals surface area (Å²) in [4.78, 5) is 26.8. The van der Waals surface area contributed by atoms with Crippen LogP contribution in [0.1, 0.15) is 16.7 Å². The molecule has 0 atom stereocenters. The maximum Gasteiger partial charge on any atom is 0.363 e. The van der Waals surface area contributed by atoms with E-state index in [1.807, 2.05) is 0 Å². The van der Waals surface area contributed by atoms with Gasteiger partial charge < -0.3 is 9.47 Å². The minimum atomic E-state index is -0.677. The van der Waals surface area contributed by atoms with E-state index < -0.39 is 10.9 Å². The van der Waals surface area contributed by atoms with Gasteiger partial charge in [0.1, 0.15) is 23.2 Å². The number of hydrogen-bond donors (Lipinski definition) is 0. The summed E-state index contributed by atoms with van der Waals surface area (Å²) in [5.41, 5.74) is 1.37. The van der Waals surface area contributed by atoms with Crippen molar-refractivity contribution >= 4 is 35.2 Å². The van der Waals surface area contributed by atoms with Crippen LogP contribution in [0.15, 0.2) is 77.4 Å². The molecular formula is C23H14ClFN2O5.